The average molecular weight is 353 g/mol. The molecule has 2 aromatic rings. The summed E-state index contributed by atoms with van der Waals surface area (Å²) in [5.41, 5.74) is 8.47. The van der Waals surface area contributed by atoms with E-state index in [1.54, 1.807) is 24.3 Å². The molecule has 2 amide bonds. The van der Waals surface area contributed by atoms with Crippen LogP contribution >= 0.6 is 0 Å². The average Bonchev–Trinajstić information content (AvgIpc) is 2.63. The van der Waals surface area contributed by atoms with Gasteiger partial charge in [-0.1, -0.05) is 31.9 Å². The summed E-state index contributed by atoms with van der Waals surface area (Å²) in [5.74, 6) is -0.639. The Morgan fingerprint density at radius 2 is 1.58 bits per heavy atom. The van der Waals surface area contributed by atoms with Crippen LogP contribution in [0, 0.1) is 0 Å². The Bertz CT molecular complexity index is 724. The lowest BCUT2D eigenvalue weighted by Gasteiger charge is -2.16. The van der Waals surface area contributed by atoms with Crippen LogP contribution in [0.3, 0.4) is 0 Å². The number of hydrogen-bond acceptors (Lipinski definition) is 3. The van der Waals surface area contributed by atoms with Crippen molar-refractivity contribution >= 4 is 23.2 Å². The Hall–Kier alpha value is -2.82. The normalized spacial score (nSPS) is 11.6. The Morgan fingerprint density at radius 1 is 0.962 bits per heavy atom. The van der Waals surface area contributed by atoms with Crippen molar-refractivity contribution in [2.75, 3.05) is 10.6 Å². The van der Waals surface area contributed by atoms with Gasteiger partial charge in [-0.3, -0.25) is 9.59 Å². The van der Waals surface area contributed by atoms with Gasteiger partial charge in [-0.15, -0.1) is 0 Å². The molecule has 0 aliphatic heterocycles. The zero-order valence-electron chi connectivity index (χ0n) is 15.4. The SMILES string of the molecule is CCCCCc1ccc(NC(C)C(=O)Nc2ccc(C(N)=O)cc2)cc1. The number of carbonyl (C=O) groups excluding carboxylic acids is 2. The van der Waals surface area contributed by atoms with Crippen molar-refractivity contribution in [3.05, 3.63) is 59.7 Å². The second kappa shape index (κ2) is 9.61. The molecule has 0 aromatic heterocycles. The highest BCUT2D eigenvalue weighted by Gasteiger charge is 2.13. The van der Waals surface area contributed by atoms with E-state index in [-0.39, 0.29) is 5.91 Å². The number of anilines is 2. The lowest BCUT2D eigenvalue weighted by molar-refractivity contribution is -0.116. The summed E-state index contributed by atoms with van der Waals surface area (Å²) >= 11 is 0. The van der Waals surface area contributed by atoms with E-state index in [1.807, 2.05) is 19.1 Å². The number of nitrogens with two attached hydrogens (primary N) is 1. The topological polar surface area (TPSA) is 84.2 Å². The van der Waals surface area contributed by atoms with Crippen LogP contribution in [0.15, 0.2) is 48.5 Å². The highest BCUT2D eigenvalue weighted by Crippen LogP contribution is 2.14. The van der Waals surface area contributed by atoms with Crippen LogP contribution in [0.1, 0.15) is 49.0 Å². The van der Waals surface area contributed by atoms with Gasteiger partial charge in [0.25, 0.3) is 0 Å². The second-order valence-electron chi connectivity index (χ2n) is 6.45. The summed E-state index contributed by atoms with van der Waals surface area (Å²) < 4.78 is 0. The first kappa shape index (κ1) is 19.5. The minimum Gasteiger partial charge on any atom is -0.374 e. The van der Waals surface area contributed by atoms with E-state index in [0.29, 0.717) is 11.3 Å². The first-order valence-corrected chi connectivity index (χ1v) is 9.06. The molecule has 26 heavy (non-hydrogen) atoms. The number of amides is 2. The monoisotopic (exact) mass is 353 g/mol. The summed E-state index contributed by atoms with van der Waals surface area (Å²) in [5, 5.41) is 6.02. The molecular formula is C21H27N3O2. The molecule has 0 spiro atoms. The summed E-state index contributed by atoms with van der Waals surface area (Å²) in [6, 6.07) is 14.3. The van der Waals surface area contributed by atoms with Crippen LogP contribution in [-0.4, -0.2) is 17.9 Å². The number of benzene rings is 2. The molecule has 5 nitrogen and oxygen atoms in total. The fraction of sp³-hybridized carbons (Fsp3) is 0.333. The largest absolute Gasteiger partial charge is 0.374 e. The Kier molecular flexibility index (Phi) is 7.21. The van der Waals surface area contributed by atoms with E-state index in [1.165, 1.54) is 24.8 Å². The number of nitrogens with one attached hydrogen (secondary N) is 2. The van der Waals surface area contributed by atoms with E-state index in [2.05, 4.69) is 29.7 Å². The van der Waals surface area contributed by atoms with Crippen molar-refractivity contribution in [3.8, 4) is 0 Å². The molecule has 1 unspecified atom stereocenters. The van der Waals surface area contributed by atoms with Crippen LogP contribution in [0.4, 0.5) is 11.4 Å². The van der Waals surface area contributed by atoms with Gasteiger partial charge >= 0.3 is 0 Å². The quantitative estimate of drug-likeness (QED) is 0.597. The van der Waals surface area contributed by atoms with Crippen LogP contribution in [0.25, 0.3) is 0 Å². The maximum atomic E-state index is 12.3. The number of rotatable bonds is 9. The lowest BCUT2D eigenvalue weighted by Crippen LogP contribution is -2.31. The van der Waals surface area contributed by atoms with E-state index in [9.17, 15) is 9.59 Å². The molecule has 1 atom stereocenters. The molecule has 0 aliphatic rings. The van der Waals surface area contributed by atoms with Gasteiger partial charge in [-0.2, -0.15) is 0 Å². The highest BCUT2D eigenvalue weighted by molar-refractivity contribution is 5.97. The molecule has 0 saturated carbocycles. The molecule has 2 rings (SSSR count). The highest BCUT2D eigenvalue weighted by atomic mass is 16.2. The van der Waals surface area contributed by atoms with Gasteiger partial charge in [0.15, 0.2) is 0 Å². The third kappa shape index (κ3) is 5.92. The standard InChI is InChI=1S/C21H27N3O2/c1-3-4-5-6-16-7-11-18(12-8-16)23-15(2)21(26)24-19-13-9-17(10-14-19)20(22)25/h7-15,23H,3-6H2,1-2H3,(H2,22,25)(H,24,26). The van der Waals surface area contributed by atoms with Crippen LogP contribution in [0.5, 0.6) is 0 Å². The van der Waals surface area contributed by atoms with Gasteiger partial charge in [-0.25, -0.2) is 0 Å². The van der Waals surface area contributed by atoms with Crippen LogP contribution in [-0.2, 0) is 11.2 Å². The van der Waals surface area contributed by atoms with Gasteiger partial charge < -0.3 is 16.4 Å². The molecule has 0 radical (unpaired) electrons. The maximum Gasteiger partial charge on any atom is 0.248 e. The van der Waals surface area contributed by atoms with Gasteiger partial charge in [0, 0.05) is 16.9 Å². The molecule has 0 saturated heterocycles. The van der Waals surface area contributed by atoms with Gasteiger partial charge in [0.1, 0.15) is 6.04 Å². The molecule has 138 valence electrons. The second-order valence-corrected chi connectivity index (χ2v) is 6.45. The maximum absolute atomic E-state index is 12.3. The van der Waals surface area contributed by atoms with Crippen LogP contribution in [0.2, 0.25) is 0 Å². The van der Waals surface area contributed by atoms with Crippen molar-refractivity contribution in [1.29, 1.82) is 0 Å². The van der Waals surface area contributed by atoms with Gasteiger partial charge in [-0.05, 0) is 61.7 Å². The third-order valence-corrected chi connectivity index (χ3v) is 4.24. The Balaban J connectivity index is 1.87. The van der Waals surface area contributed by atoms with Crippen molar-refractivity contribution in [2.24, 2.45) is 5.73 Å². The number of unbranched alkanes of at least 4 members (excludes halogenated alkanes) is 2. The van der Waals surface area contributed by atoms with Crippen molar-refractivity contribution < 1.29 is 9.59 Å². The minimum absolute atomic E-state index is 0.149. The molecule has 0 heterocycles. The summed E-state index contributed by atoms with van der Waals surface area (Å²) in [7, 11) is 0. The zero-order chi connectivity index (χ0) is 18.9. The fourth-order valence-corrected chi connectivity index (χ4v) is 2.63. The molecule has 4 N–H and O–H groups in total. The molecule has 0 aliphatic carbocycles. The van der Waals surface area contributed by atoms with Crippen LogP contribution < -0.4 is 16.4 Å². The molecule has 5 heteroatoms. The predicted octanol–water partition coefficient (Wildman–Crippen LogP) is 3.96. The molecular weight excluding hydrogens is 326 g/mol. The lowest BCUT2D eigenvalue weighted by atomic mass is 10.1. The van der Waals surface area contributed by atoms with E-state index < -0.39 is 11.9 Å². The fourth-order valence-electron chi connectivity index (χ4n) is 2.63. The first-order valence-electron chi connectivity index (χ1n) is 9.06. The predicted molar refractivity (Wildman–Crippen MR) is 106 cm³/mol. The van der Waals surface area contributed by atoms with Crippen molar-refractivity contribution in [2.45, 2.75) is 45.6 Å². The minimum atomic E-state index is -0.490. The first-order chi connectivity index (χ1) is 12.5. The molecule has 0 bridgehead atoms. The smallest absolute Gasteiger partial charge is 0.248 e. The number of carbonyl (C=O) groups is 2. The van der Waals surface area contributed by atoms with E-state index in [4.69, 9.17) is 5.73 Å². The zero-order valence-corrected chi connectivity index (χ0v) is 15.4. The van der Waals surface area contributed by atoms with Crippen molar-refractivity contribution in [1.82, 2.24) is 0 Å². The Labute approximate surface area is 155 Å². The number of aryl methyl sites for hydroxylation is 1. The molecule has 0 fully saturated rings. The van der Waals surface area contributed by atoms with Gasteiger partial charge in [0.2, 0.25) is 11.8 Å². The third-order valence-electron chi connectivity index (χ3n) is 4.24. The Morgan fingerprint density at radius 3 is 2.15 bits per heavy atom. The molecule has 2 aromatic carbocycles. The van der Waals surface area contributed by atoms with Gasteiger partial charge in [0.05, 0.1) is 0 Å². The van der Waals surface area contributed by atoms with Crippen molar-refractivity contribution in [3.63, 3.8) is 0 Å². The number of hydrogen-bond donors (Lipinski definition) is 3. The van der Waals surface area contributed by atoms with E-state index >= 15 is 0 Å². The summed E-state index contributed by atoms with van der Waals surface area (Å²) in [6.45, 7) is 4.01. The van der Waals surface area contributed by atoms with E-state index in [0.717, 1.165) is 12.1 Å². The summed E-state index contributed by atoms with van der Waals surface area (Å²) in [4.78, 5) is 23.4. The number of primary amides is 1. The summed E-state index contributed by atoms with van der Waals surface area (Å²) in [6.07, 6.45) is 4.76.